The van der Waals surface area contributed by atoms with E-state index in [1.165, 1.54) is 34.1 Å². The molecule has 10 heteroatoms. The Morgan fingerprint density at radius 3 is 2.30 bits per heavy atom. The van der Waals surface area contributed by atoms with Gasteiger partial charge in [0, 0.05) is 24.3 Å². The fourth-order valence-corrected chi connectivity index (χ4v) is 6.27. The number of fused-ring (bicyclic) bond motifs is 1. The molecule has 4 rings (SSSR count). The van der Waals surface area contributed by atoms with Gasteiger partial charge in [0.2, 0.25) is 10.0 Å². The Balaban J connectivity index is 1.32. The minimum absolute atomic E-state index is 0.0925. The molecular weight excluding hydrogens is 510 g/mol. The number of thiazole rings is 1. The van der Waals surface area contributed by atoms with E-state index in [0.717, 1.165) is 20.8 Å². The summed E-state index contributed by atoms with van der Waals surface area (Å²) in [5.41, 5.74) is 3.79. The average Bonchev–Trinajstić information content (AvgIpc) is 3.31. The highest BCUT2D eigenvalue weighted by molar-refractivity contribution is 7.89. The largest absolute Gasteiger partial charge is 0.452 e. The number of rotatable bonds is 9. The first kappa shape index (κ1) is 26.5. The van der Waals surface area contributed by atoms with Crippen LogP contribution in [0.3, 0.4) is 0 Å². The number of carbonyl (C=O) groups is 2. The van der Waals surface area contributed by atoms with Crippen molar-refractivity contribution in [1.82, 2.24) is 9.29 Å². The zero-order chi connectivity index (χ0) is 26.6. The van der Waals surface area contributed by atoms with E-state index in [1.807, 2.05) is 31.2 Å². The van der Waals surface area contributed by atoms with E-state index in [2.05, 4.69) is 16.4 Å². The Hall–Kier alpha value is -3.60. The smallest absolute Gasteiger partial charge is 0.338 e. The predicted molar refractivity (Wildman–Crippen MR) is 145 cm³/mol. The Kier molecular flexibility index (Phi) is 8.01. The van der Waals surface area contributed by atoms with Gasteiger partial charge in [0.1, 0.15) is 5.01 Å². The number of anilines is 1. The van der Waals surface area contributed by atoms with Gasteiger partial charge in [0.15, 0.2) is 6.61 Å². The number of ether oxygens (including phenoxy) is 1. The number of benzene rings is 3. The standard InChI is InChI=1S/C27H27N3O5S2/c1-4-30(5-2)37(33,34)22-13-9-20(10-14-22)27(32)35-17-25(31)28-21-11-7-19(8-12-21)26-29-23-15-6-18(3)16-24(23)36-26/h6-16H,4-5,17H2,1-3H3,(H,28,31). The third-order valence-electron chi connectivity index (χ3n) is 5.73. The van der Waals surface area contributed by atoms with E-state index in [1.54, 1.807) is 37.3 Å². The van der Waals surface area contributed by atoms with Gasteiger partial charge >= 0.3 is 5.97 Å². The molecule has 0 spiro atoms. The molecule has 0 aliphatic rings. The van der Waals surface area contributed by atoms with Crippen LogP contribution in [0.25, 0.3) is 20.8 Å². The van der Waals surface area contributed by atoms with Crippen molar-refractivity contribution in [3.05, 3.63) is 77.9 Å². The van der Waals surface area contributed by atoms with Crippen LogP contribution in [0, 0.1) is 6.92 Å². The molecular formula is C27H27N3O5S2. The summed E-state index contributed by atoms with van der Waals surface area (Å²) in [5.74, 6) is -1.21. The number of aryl methyl sites for hydroxylation is 1. The SMILES string of the molecule is CCN(CC)S(=O)(=O)c1ccc(C(=O)OCC(=O)Nc2ccc(-c3nc4ccc(C)cc4s3)cc2)cc1. The first-order chi connectivity index (χ1) is 17.7. The molecule has 0 atom stereocenters. The van der Waals surface area contributed by atoms with Crippen LogP contribution in [0.15, 0.2) is 71.6 Å². The van der Waals surface area contributed by atoms with Crippen molar-refractivity contribution in [1.29, 1.82) is 0 Å². The number of nitrogens with zero attached hydrogens (tertiary/aromatic N) is 2. The fraction of sp³-hybridized carbons (Fsp3) is 0.222. The monoisotopic (exact) mass is 537 g/mol. The quantitative estimate of drug-likeness (QED) is 0.298. The molecule has 0 unspecified atom stereocenters. The molecule has 1 heterocycles. The van der Waals surface area contributed by atoms with Crippen LogP contribution in [0.4, 0.5) is 5.69 Å². The van der Waals surface area contributed by atoms with Crippen LogP contribution < -0.4 is 5.32 Å². The van der Waals surface area contributed by atoms with Gasteiger partial charge in [-0.1, -0.05) is 19.9 Å². The van der Waals surface area contributed by atoms with E-state index in [0.29, 0.717) is 18.8 Å². The first-order valence-corrected chi connectivity index (χ1v) is 14.0. The molecule has 1 amide bonds. The Morgan fingerprint density at radius 1 is 0.973 bits per heavy atom. The minimum Gasteiger partial charge on any atom is -0.452 e. The Bertz CT molecular complexity index is 1520. The predicted octanol–water partition coefficient (Wildman–Crippen LogP) is 5.10. The van der Waals surface area contributed by atoms with Crippen molar-refractivity contribution in [2.24, 2.45) is 0 Å². The summed E-state index contributed by atoms with van der Waals surface area (Å²) >= 11 is 1.61. The molecule has 1 aromatic heterocycles. The topological polar surface area (TPSA) is 106 Å². The third kappa shape index (κ3) is 6.04. The summed E-state index contributed by atoms with van der Waals surface area (Å²) in [6.07, 6.45) is 0. The van der Waals surface area contributed by atoms with Gasteiger partial charge in [0.05, 0.1) is 20.7 Å². The molecule has 1 N–H and O–H groups in total. The lowest BCUT2D eigenvalue weighted by Crippen LogP contribution is -2.30. The molecule has 0 aliphatic carbocycles. The third-order valence-corrected chi connectivity index (χ3v) is 8.86. The second-order valence-electron chi connectivity index (χ2n) is 8.31. The zero-order valence-corrected chi connectivity index (χ0v) is 22.4. The summed E-state index contributed by atoms with van der Waals surface area (Å²) in [7, 11) is -3.62. The minimum atomic E-state index is -3.62. The van der Waals surface area contributed by atoms with Gasteiger partial charge in [0.25, 0.3) is 5.91 Å². The molecule has 192 valence electrons. The van der Waals surface area contributed by atoms with Crippen molar-refractivity contribution in [2.75, 3.05) is 25.0 Å². The van der Waals surface area contributed by atoms with E-state index in [4.69, 9.17) is 4.74 Å². The van der Waals surface area contributed by atoms with E-state index in [-0.39, 0.29) is 10.5 Å². The maximum Gasteiger partial charge on any atom is 0.338 e. The number of aromatic nitrogens is 1. The van der Waals surface area contributed by atoms with E-state index < -0.39 is 28.5 Å². The van der Waals surface area contributed by atoms with Gasteiger partial charge in [-0.3, -0.25) is 4.79 Å². The van der Waals surface area contributed by atoms with Crippen LogP contribution in [-0.4, -0.2) is 49.3 Å². The molecule has 0 saturated heterocycles. The Labute approximate surface area is 220 Å². The molecule has 8 nitrogen and oxygen atoms in total. The summed E-state index contributed by atoms with van der Waals surface area (Å²) in [6.45, 7) is 5.79. The Morgan fingerprint density at radius 2 is 1.65 bits per heavy atom. The maximum atomic E-state index is 12.6. The van der Waals surface area contributed by atoms with E-state index >= 15 is 0 Å². The number of carbonyl (C=O) groups excluding carboxylic acids is 2. The van der Waals surface area contributed by atoms with Gasteiger partial charge in [-0.05, 0) is 73.2 Å². The van der Waals surface area contributed by atoms with Gasteiger partial charge in [-0.15, -0.1) is 11.3 Å². The van der Waals surface area contributed by atoms with Gasteiger partial charge in [-0.25, -0.2) is 18.2 Å². The summed E-state index contributed by atoms with van der Waals surface area (Å²) < 4.78 is 32.7. The molecule has 0 radical (unpaired) electrons. The van der Waals surface area contributed by atoms with Crippen molar-refractivity contribution < 1.29 is 22.7 Å². The molecule has 37 heavy (non-hydrogen) atoms. The lowest BCUT2D eigenvalue weighted by Gasteiger charge is -2.18. The number of sulfonamides is 1. The van der Waals surface area contributed by atoms with Crippen LogP contribution >= 0.6 is 11.3 Å². The van der Waals surface area contributed by atoms with Crippen LogP contribution in [0.5, 0.6) is 0 Å². The van der Waals surface area contributed by atoms with Crippen molar-refractivity contribution in [3.8, 4) is 10.6 Å². The molecule has 0 saturated carbocycles. The van der Waals surface area contributed by atoms with Crippen molar-refractivity contribution >= 4 is 49.1 Å². The highest BCUT2D eigenvalue weighted by Crippen LogP contribution is 2.31. The fourth-order valence-electron chi connectivity index (χ4n) is 3.74. The summed E-state index contributed by atoms with van der Waals surface area (Å²) in [6, 6.07) is 18.9. The zero-order valence-electron chi connectivity index (χ0n) is 20.7. The molecule has 0 fully saturated rings. The molecule has 0 bridgehead atoms. The molecule has 4 aromatic rings. The second-order valence-corrected chi connectivity index (χ2v) is 11.3. The summed E-state index contributed by atoms with van der Waals surface area (Å²) in [5, 5.41) is 3.59. The molecule has 0 aliphatic heterocycles. The lowest BCUT2D eigenvalue weighted by atomic mass is 10.2. The number of amides is 1. The maximum absolute atomic E-state index is 12.6. The van der Waals surface area contributed by atoms with Crippen LogP contribution in [0.1, 0.15) is 29.8 Å². The second kappa shape index (κ2) is 11.2. The normalized spacial score (nSPS) is 11.6. The molecule has 3 aromatic carbocycles. The van der Waals surface area contributed by atoms with Crippen LogP contribution in [-0.2, 0) is 19.6 Å². The number of hydrogen-bond donors (Lipinski definition) is 1. The van der Waals surface area contributed by atoms with E-state index in [9.17, 15) is 18.0 Å². The van der Waals surface area contributed by atoms with Crippen molar-refractivity contribution in [3.63, 3.8) is 0 Å². The first-order valence-electron chi connectivity index (χ1n) is 11.8. The average molecular weight is 538 g/mol. The van der Waals surface area contributed by atoms with Gasteiger partial charge < -0.3 is 10.1 Å². The van der Waals surface area contributed by atoms with Crippen molar-refractivity contribution in [2.45, 2.75) is 25.7 Å². The highest BCUT2D eigenvalue weighted by atomic mass is 32.2. The van der Waals surface area contributed by atoms with Gasteiger partial charge in [-0.2, -0.15) is 4.31 Å². The number of esters is 1. The number of hydrogen-bond acceptors (Lipinski definition) is 7. The summed E-state index contributed by atoms with van der Waals surface area (Å²) in [4.78, 5) is 29.4. The highest BCUT2D eigenvalue weighted by Gasteiger charge is 2.22. The lowest BCUT2D eigenvalue weighted by molar-refractivity contribution is -0.119. The number of nitrogens with one attached hydrogen (secondary N) is 1. The van der Waals surface area contributed by atoms with Crippen LogP contribution in [0.2, 0.25) is 0 Å².